The lowest BCUT2D eigenvalue weighted by molar-refractivity contribution is 0.160. The first-order valence-corrected chi connectivity index (χ1v) is 7.79. The highest BCUT2D eigenvalue weighted by atomic mass is 16.2. The van der Waals surface area contributed by atoms with Crippen molar-refractivity contribution in [3.8, 4) is 0 Å². The van der Waals surface area contributed by atoms with Crippen molar-refractivity contribution in [2.45, 2.75) is 58.4 Å². The predicted molar refractivity (Wildman–Crippen MR) is 84.2 cm³/mol. The maximum atomic E-state index is 12.4. The lowest BCUT2D eigenvalue weighted by atomic mass is 10.0. The summed E-state index contributed by atoms with van der Waals surface area (Å²) in [6.45, 7) is 7.39. The number of nitrogens with zero attached hydrogens (tertiary/aromatic N) is 1. The van der Waals surface area contributed by atoms with E-state index >= 15 is 0 Å². The first-order valence-electron chi connectivity index (χ1n) is 7.79. The van der Waals surface area contributed by atoms with E-state index in [4.69, 9.17) is 0 Å². The summed E-state index contributed by atoms with van der Waals surface area (Å²) < 4.78 is 0. The second-order valence-electron chi connectivity index (χ2n) is 5.96. The van der Waals surface area contributed by atoms with Gasteiger partial charge in [-0.3, -0.25) is 0 Å². The van der Waals surface area contributed by atoms with Crippen LogP contribution in [-0.2, 0) is 0 Å². The van der Waals surface area contributed by atoms with E-state index in [1.165, 1.54) is 12.0 Å². The summed E-state index contributed by atoms with van der Waals surface area (Å²) in [6, 6.07) is 8.63. The van der Waals surface area contributed by atoms with Crippen molar-refractivity contribution in [2.75, 3.05) is 11.9 Å². The molecule has 1 N–H and O–H groups in total. The molecule has 0 bridgehead atoms. The lowest BCUT2D eigenvalue weighted by Gasteiger charge is -2.35. The topological polar surface area (TPSA) is 32.3 Å². The molecule has 1 aromatic carbocycles. The first kappa shape index (κ1) is 14.9. The van der Waals surface area contributed by atoms with Crippen molar-refractivity contribution in [3.63, 3.8) is 0 Å². The zero-order valence-electron chi connectivity index (χ0n) is 12.9. The van der Waals surface area contributed by atoms with Crippen molar-refractivity contribution >= 4 is 11.7 Å². The molecular formula is C17H26N2O. The van der Waals surface area contributed by atoms with Gasteiger partial charge >= 0.3 is 6.03 Å². The lowest BCUT2D eigenvalue weighted by Crippen LogP contribution is -2.45. The molecule has 1 fully saturated rings. The number of anilines is 1. The molecule has 1 aromatic rings. The fourth-order valence-electron chi connectivity index (χ4n) is 2.84. The number of rotatable bonds is 3. The van der Waals surface area contributed by atoms with Gasteiger partial charge in [-0.1, -0.05) is 32.9 Å². The third-order valence-corrected chi connectivity index (χ3v) is 4.19. The van der Waals surface area contributed by atoms with E-state index < -0.39 is 0 Å². The number of benzene rings is 1. The van der Waals surface area contributed by atoms with Crippen LogP contribution in [0.25, 0.3) is 0 Å². The highest BCUT2D eigenvalue weighted by Crippen LogP contribution is 2.21. The predicted octanol–water partition coefficient (Wildman–Crippen LogP) is 4.61. The monoisotopic (exact) mass is 274 g/mol. The number of nitrogens with one attached hydrogen (secondary N) is 1. The number of amides is 2. The van der Waals surface area contributed by atoms with Gasteiger partial charge in [0.25, 0.3) is 0 Å². The summed E-state index contributed by atoms with van der Waals surface area (Å²) in [4.78, 5) is 14.4. The summed E-state index contributed by atoms with van der Waals surface area (Å²) in [5.41, 5.74) is 2.19. The Balaban J connectivity index is 1.99. The molecule has 110 valence electrons. The molecule has 1 atom stereocenters. The van der Waals surface area contributed by atoms with Gasteiger partial charge in [-0.05, 0) is 49.3 Å². The Morgan fingerprint density at radius 2 is 2.00 bits per heavy atom. The Labute approximate surface area is 122 Å². The number of hydrogen-bond acceptors (Lipinski definition) is 1. The average Bonchev–Trinajstić information content (AvgIpc) is 2.47. The molecular weight excluding hydrogens is 248 g/mol. The molecule has 3 nitrogen and oxygen atoms in total. The van der Waals surface area contributed by atoms with Crippen LogP contribution in [0.3, 0.4) is 0 Å². The molecule has 3 heteroatoms. The summed E-state index contributed by atoms with van der Waals surface area (Å²) >= 11 is 0. The van der Waals surface area contributed by atoms with Gasteiger partial charge < -0.3 is 10.2 Å². The molecule has 0 spiro atoms. The smallest absolute Gasteiger partial charge is 0.322 e. The van der Waals surface area contributed by atoms with E-state index in [9.17, 15) is 4.79 Å². The average molecular weight is 274 g/mol. The fourth-order valence-corrected chi connectivity index (χ4v) is 2.84. The van der Waals surface area contributed by atoms with Gasteiger partial charge in [0.2, 0.25) is 0 Å². The first-order chi connectivity index (χ1) is 9.61. The zero-order valence-corrected chi connectivity index (χ0v) is 12.9. The quantitative estimate of drug-likeness (QED) is 0.858. The summed E-state index contributed by atoms with van der Waals surface area (Å²) in [5.74, 6) is 0.520. The van der Waals surface area contributed by atoms with Crippen molar-refractivity contribution in [1.29, 1.82) is 0 Å². The number of piperidine rings is 1. The van der Waals surface area contributed by atoms with E-state index in [0.29, 0.717) is 12.0 Å². The number of urea groups is 1. The van der Waals surface area contributed by atoms with Gasteiger partial charge in [0.05, 0.1) is 0 Å². The molecule has 0 aliphatic carbocycles. The third-order valence-electron chi connectivity index (χ3n) is 4.19. The van der Waals surface area contributed by atoms with E-state index in [1.54, 1.807) is 0 Å². The van der Waals surface area contributed by atoms with Gasteiger partial charge in [-0.2, -0.15) is 0 Å². The van der Waals surface area contributed by atoms with Gasteiger partial charge in [0.15, 0.2) is 0 Å². The van der Waals surface area contributed by atoms with Crippen molar-refractivity contribution < 1.29 is 4.79 Å². The van der Waals surface area contributed by atoms with Crippen LogP contribution in [0.4, 0.5) is 10.5 Å². The molecule has 1 aliphatic heterocycles. The largest absolute Gasteiger partial charge is 0.322 e. The number of carbonyl (C=O) groups is 1. The minimum atomic E-state index is 0.0499. The summed E-state index contributed by atoms with van der Waals surface area (Å²) in [5, 5.41) is 3.03. The van der Waals surface area contributed by atoms with E-state index in [-0.39, 0.29) is 6.03 Å². The molecule has 1 saturated heterocycles. The summed E-state index contributed by atoms with van der Waals surface area (Å²) in [7, 11) is 0. The van der Waals surface area contributed by atoms with Crippen molar-refractivity contribution in [2.24, 2.45) is 0 Å². The Morgan fingerprint density at radius 3 is 2.60 bits per heavy atom. The SMILES string of the molecule is CC[C@H]1CCCCN1C(=O)Nc1ccc(C(C)C)cc1. The highest BCUT2D eigenvalue weighted by Gasteiger charge is 2.25. The molecule has 2 rings (SSSR count). The standard InChI is InChI=1S/C17H26N2O/c1-4-16-7-5-6-12-19(16)17(20)18-15-10-8-14(9-11-15)13(2)3/h8-11,13,16H,4-7,12H2,1-3H3,(H,18,20)/t16-/m0/s1. The molecule has 0 unspecified atom stereocenters. The van der Waals surface area contributed by atoms with Gasteiger partial charge in [-0.15, -0.1) is 0 Å². The van der Waals surface area contributed by atoms with Crippen LogP contribution in [0.1, 0.15) is 57.9 Å². The Kier molecular flexibility index (Phi) is 5.05. The van der Waals surface area contributed by atoms with Crippen LogP contribution in [0.5, 0.6) is 0 Å². The Bertz CT molecular complexity index is 439. The van der Waals surface area contributed by atoms with Crippen LogP contribution in [0.15, 0.2) is 24.3 Å². The van der Waals surface area contributed by atoms with Crippen molar-refractivity contribution in [1.82, 2.24) is 4.90 Å². The molecule has 0 saturated carbocycles. The second kappa shape index (κ2) is 6.78. The molecule has 0 aromatic heterocycles. The molecule has 0 radical (unpaired) electrons. The van der Waals surface area contributed by atoms with Crippen LogP contribution < -0.4 is 5.32 Å². The van der Waals surface area contributed by atoms with Crippen LogP contribution in [-0.4, -0.2) is 23.5 Å². The minimum Gasteiger partial charge on any atom is -0.322 e. The fraction of sp³-hybridized carbons (Fsp3) is 0.588. The van der Waals surface area contributed by atoms with Crippen LogP contribution in [0, 0.1) is 0 Å². The molecule has 1 heterocycles. The maximum Gasteiger partial charge on any atom is 0.322 e. The number of likely N-dealkylation sites (tertiary alicyclic amines) is 1. The number of hydrogen-bond donors (Lipinski definition) is 1. The van der Waals surface area contributed by atoms with Crippen LogP contribution >= 0.6 is 0 Å². The molecule has 20 heavy (non-hydrogen) atoms. The Hall–Kier alpha value is -1.51. The normalized spacial score (nSPS) is 19.2. The minimum absolute atomic E-state index is 0.0499. The third kappa shape index (κ3) is 3.53. The van der Waals surface area contributed by atoms with E-state index in [2.05, 4.69) is 38.2 Å². The van der Waals surface area contributed by atoms with Gasteiger partial charge in [-0.25, -0.2) is 4.79 Å². The number of carbonyl (C=O) groups excluding carboxylic acids is 1. The molecule has 1 aliphatic rings. The van der Waals surface area contributed by atoms with Gasteiger partial charge in [0.1, 0.15) is 0 Å². The highest BCUT2D eigenvalue weighted by molar-refractivity contribution is 5.89. The van der Waals surface area contributed by atoms with Gasteiger partial charge in [0, 0.05) is 18.3 Å². The molecule has 2 amide bonds. The maximum absolute atomic E-state index is 12.4. The summed E-state index contributed by atoms with van der Waals surface area (Å²) in [6.07, 6.45) is 4.54. The second-order valence-corrected chi connectivity index (χ2v) is 5.96. The Morgan fingerprint density at radius 1 is 1.30 bits per heavy atom. The van der Waals surface area contributed by atoms with E-state index in [1.807, 2.05) is 17.0 Å². The van der Waals surface area contributed by atoms with Crippen LogP contribution in [0.2, 0.25) is 0 Å². The van der Waals surface area contributed by atoms with E-state index in [0.717, 1.165) is 31.5 Å². The van der Waals surface area contributed by atoms with Crippen molar-refractivity contribution in [3.05, 3.63) is 29.8 Å². The zero-order chi connectivity index (χ0) is 14.5.